The summed E-state index contributed by atoms with van der Waals surface area (Å²) in [4.78, 5) is 0. The Bertz CT molecular complexity index is 440. The van der Waals surface area contributed by atoms with Crippen LogP contribution < -0.4 is 4.74 Å². The molecule has 1 atom stereocenters. The maximum atomic E-state index is 10.2. The van der Waals surface area contributed by atoms with Crippen molar-refractivity contribution in [3.63, 3.8) is 0 Å². The average Bonchev–Trinajstić information content (AvgIpc) is 2.71. The molecule has 1 aromatic carbocycles. The number of aliphatic hydroxyl groups is 1. The zero-order valence-electron chi connectivity index (χ0n) is 10.5. The van der Waals surface area contributed by atoms with Gasteiger partial charge in [0.15, 0.2) is 0 Å². The zero-order valence-corrected chi connectivity index (χ0v) is 11.2. The van der Waals surface area contributed by atoms with Gasteiger partial charge in [0, 0.05) is 17.9 Å². The first-order chi connectivity index (χ1) is 8.72. The topological polar surface area (TPSA) is 29.5 Å². The van der Waals surface area contributed by atoms with Crippen molar-refractivity contribution < 1.29 is 9.84 Å². The van der Waals surface area contributed by atoms with E-state index in [2.05, 4.69) is 0 Å². The van der Waals surface area contributed by atoms with Gasteiger partial charge in [0.05, 0.1) is 12.7 Å². The molecule has 1 heterocycles. The van der Waals surface area contributed by atoms with Crippen molar-refractivity contribution in [3.8, 4) is 5.75 Å². The number of halogens is 1. The Morgan fingerprint density at radius 1 is 1.39 bits per heavy atom. The first-order valence-electron chi connectivity index (χ1n) is 6.84. The monoisotopic (exact) mass is 266 g/mol. The fraction of sp³-hybridized carbons (Fsp3) is 0.600. The highest BCUT2D eigenvalue weighted by molar-refractivity contribution is 6.30. The maximum Gasteiger partial charge on any atom is 0.126 e. The number of fused-ring (bicyclic) bond motifs is 1. The van der Waals surface area contributed by atoms with Gasteiger partial charge in [0.2, 0.25) is 0 Å². The lowest BCUT2D eigenvalue weighted by Crippen LogP contribution is -2.21. The lowest BCUT2D eigenvalue weighted by molar-refractivity contribution is 0.117. The van der Waals surface area contributed by atoms with Crippen LogP contribution in [0.15, 0.2) is 12.1 Å². The predicted octanol–water partition coefficient (Wildman–Crippen LogP) is 3.37. The Kier molecular flexibility index (Phi) is 3.49. The SMILES string of the molecule is OC(Cc1cc(Cl)cc2c1OCC2)CC1CCC1. The van der Waals surface area contributed by atoms with Crippen LogP contribution in [0.3, 0.4) is 0 Å². The average molecular weight is 267 g/mol. The van der Waals surface area contributed by atoms with E-state index in [0.29, 0.717) is 6.42 Å². The molecule has 2 nitrogen and oxygen atoms in total. The number of hydrogen-bond donors (Lipinski definition) is 1. The number of hydrogen-bond acceptors (Lipinski definition) is 2. The molecule has 2 aliphatic rings. The third kappa shape index (κ3) is 2.50. The summed E-state index contributed by atoms with van der Waals surface area (Å²) in [5, 5.41) is 10.9. The van der Waals surface area contributed by atoms with E-state index in [1.54, 1.807) is 0 Å². The Morgan fingerprint density at radius 2 is 2.22 bits per heavy atom. The Hall–Kier alpha value is -0.730. The van der Waals surface area contributed by atoms with E-state index < -0.39 is 0 Å². The summed E-state index contributed by atoms with van der Waals surface area (Å²) >= 11 is 6.12. The van der Waals surface area contributed by atoms with E-state index in [1.165, 1.54) is 24.8 Å². The summed E-state index contributed by atoms with van der Waals surface area (Å²) < 4.78 is 5.66. The van der Waals surface area contributed by atoms with E-state index in [1.807, 2.05) is 12.1 Å². The highest BCUT2D eigenvalue weighted by Gasteiger charge is 2.23. The van der Waals surface area contributed by atoms with Crippen LogP contribution in [0.5, 0.6) is 5.75 Å². The summed E-state index contributed by atoms with van der Waals surface area (Å²) in [6, 6.07) is 3.92. The van der Waals surface area contributed by atoms with Gasteiger partial charge in [-0.15, -0.1) is 0 Å². The summed E-state index contributed by atoms with van der Waals surface area (Å²) in [5.41, 5.74) is 2.26. The van der Waals surface area contributed by atoms with Gasteiger partial charge in [-0.1, -0.05) is 30.9 Å². The van der Waals surface area contributed by atoms with Gasteiger partial charge in [0.25, 0.3) is 0 Å². The van der Waals surface area contributed by atoms with E-state index in [-0.39, 0.29) is 6.10 Å². The molecule has 1 unspecified atom stereocenters. The number of ether oxygens (including phenoxy) is 1. The molecule has 1 fully saturated rings. The third-order valence-corrected chi connectivity index (χ3v) is 4.33. The first kappa shape index (κ1) is 12.3. The van der Waals surface area contributed by atoms with Gasteiger partial charge < -0.3 is 9.84 Å². The number of aliphatic hydroxyl groups excluding tert-OH is 1. The molecule has 0 aromatic heterocycles. The van der Waals surface area contributed by atoms with E-state index >= 15 is 0 Å². The second kappa shape index (κ2) is 5.10. The standard InChI is InChI=1S/C15H19ClO2/c16-13-7-11-4-5-18-15(11)12(8-13)9-14(17)6-10-2-1-3-10/h7-8,10,14,17H,1-6,9H2. The molecule has 0 saturated heterocycles. The maximum absolute atomic E-state index is 10.2. The molecule has 18 heavy (non-hydrogen) atoms. The van der Waals surface area contributed by atoms with Crippen molar-refractivity contribution in [3.05, 3.63) is 28.3 Å². The normalized spacial score (nSPS) is 20.1. The van der Waals surface area contributed by atoms with Gasteiger partial charge in [-0.2, -0.15) is 0 Å². The molecule has 1 N–H and O–H groups in total. The van der Waals surface area contributed by atoms with Crippen LogP contribution in [0.4, 0.5) is 0 Å². The molecule has 1 aromatic rings. The van der Waals surface area contributed by atoms with Crippen LogP contribution >= 0.6 is 11.6 Å². The van der Waals surface area contributed by atoms with Crippen LogP contribution in [0.25, 0.3) is 0 Å². The highest BCUT2D eigenvalue weighted by Crippen LogP contribution is 2.35. The van der Waals surface area contributed by atoms with Crippen LogP contribution in [-0.4, -0.2) is 17.8 Å². The van der Waals surface area contributed by atoms with Crippen LogP contribution in [0, 0.1) is 5.92 Å². The number of rotatable bonds is 4. The summed E-state index contributed by atoms with van der Waals surface area (Å²) in [7, 11) is 0. The van der Waals surface area contributed by atoms with Crippen LogP contribution in [0.2, 0.25) is 5.02 Å². The smallest absolute Gasteiger partial charge is 0.126 e. The van der Waals surface area contributed by atoms with Crippen molar-refractivity contribution in [1.29, 1.82) is 0 Å². The molecule has 1 aliphatic carbocycles. The number of benzene rings is 1. The third-order valence-electron chi connectivity index (χ3n) is 4.11. The molecule has 1 saturated carbocycles. The summed E-state index contributed by atoms with van der Waals surface area (Å²) in [6.07, 6.45) is 6.14. The summed E-state index contributed by atoms with van der Waals surface area (Å²) in [6.45, 7) is 0.737. The molecule has 1 aliphatic heterocycles. The fourth-order valence-electron chi connectivity index (χ4n) is 2.95. The van der Waals surface area contributed by atoms with Gasteiger partial charge in [-0.3, -0.25) is 0 Å². The minimum Gasteiger partial charge on any atom is -0.493 e. The zero-order chi connectivity index (χ0) is 12.5. The minimum absolute atomic E-state index is 0.262. The Balaban J connectivity index is 1.71. The minimum atomic E-state index is -0.262. The van der Waals surface area contributed by atoms with E-state index in [9.17, 15) is 5.11 Å². The van der Waals surface area contributed by atoms with Crippen molar-refractivity contribution in [2.75, 3.05) is 6.61 Å². The fourth-order valence-corrected chi connectivity index (χ4v) is 3.21. The molecule has 0 radical (unpaired) electrons. The van der Waals surface area contributed by atoms with Crippen LogP contribution in [0.1, 0.15) is 36.8 Å². The molecule has 0 amide bonds. The quantitative estimate of drug-likeness (QED) is 0.905. The second-order valence-electron chi connectivity index (χ2n) is 5.54. The molecule has 3 rings (SSSR count). The first-order valence-corrected chi connectivity index (χ1v) is 7.22. The van der Waals surface area contributed by atoms with Gasteiger partial charge in [-0.25, -0.2) is 0 Å². The van der Waals surface area contributed by atoms with Gasteiger partial charge in [0.1, 0.15) is 5.75 Å². The Morgan fingerprint density at radius 3 is 2.94 bits per heavy atom. The van der Waals surface area contributed by atoms with E-state index in [4.69, 9.17) is 16.3 Å². The highest BCUT2D eigenvalue weighted by atomic mass is 35.5. The molecule has 3 heteroatoms. The lowest BCUT2D eigenvalue weighted by Gasteiger charge is -2.27. The Labute approximate surface area is 113 Å². The van der Waals surface area contributed by atoms with Gasteiger partial charge in [-0.05, 0) is 35.6 Å². The van der Waals surface area contributed by atoms with E-state index in [0.717, 1.165) is 41.7 Å². The molecular weight excluding hydrogens is 248 g/mol. The largest absolute Gasteiger partial charge is 0.493 e. The predicted molar refractivity (Wildman–Crippen MR) is 72.3 cm³/mol. The summed E-state index contributed by atoms with van der Waals surface area (Å²) in [5.74, 6) is 1.69. The molecule has 0 spiro atoms. The molecule has 98 valence electrons. The molecule has 0 bridgehead atoms. The van der Waals surface area contributed by atoms with Crippen molar-refractivity contribution in [2.24, 2.45) is 5.92 Å². The van der Waals surface area contributed by atoms with Crippen molar-refractivity contribution in [1.82, 2.24) is 0 Å². The second-order valence-corrected chi connectivity index (χ2v) is 5.98. The lowest BCUT2D eigenvalue weighted by atomic mass is 9.80. The van der Waals surface area contributed by atoms with Crippen molar-refractivity contribution >= 4 is 11.6 Å². The molecular formula is C15H19ClO2. The van der Waals surface area contributed by atoms with Crippen molar-refractivity contribution in [2.45, 2.75) is 44.6 Å². The van der Waals surface area contributed by atoms with Crippen LogP contribution in [-0.2, 0) is 12.8 Å². The van der Waals surface area contributed by atoms with Gasteiger partial charge >= 0.3 is 0 Å².